The zero-order valence-corrected chi connectivity index (χ0v) is 15.3. The highest BCUT2D eigenvalue weighted by molar-refractivity contribution is 5.81. The molecule has 1 saturated heterocycles. The molecule has 0 bridgehead atoms. The summed E-state index contributed by atoms with van der Waals surface area (Å²) in [5.41, 5.74) is 2.26. The van der Waals surface area contributed by atoms with Crippen LogP contribution in [0.3, 0.4) is 0 Å². The van der Waals surface area contributed by atoms with Gasteiger partial charge in [0.15, 0.2) is 0 Å². The predicted octanol–water partition coefficient (Wildman–Crippen LogP) is 4.12. The lowest BCUT2D eigenvalue weighted by Gasteiger charge is -2.26. The standard InChI is InChI=1S/C22H28N2O2/c25-22(24-14-5-2-6-15-24)18-23-20-12-7-13-21(17-20)26-16-8-11-19-9-3-1-4-10-19/h1,3-4,7,9-10,12-13,17,23H,2,5-6,8,11,14-16,18H2. The van der Waals surface area contributed by atoms with E-state index < -0.39 is 0 Å². The Kier molecular flexibility index (Phi) is 6.94. The van der Waals surface area contributed by atoms with Gasteiger partial charge in [-0.2, -0.15) is 0 Å². The highest BCUT2D eigenvalue weighted by Gasteiger charge is 2.15. The number of carbonyl (C=O) groups is 1. The molecule has 1 N–H and O–H groups in total. The second-order valence-corrected chi connectivity index (χ2v) is 6.76. The van der Waals surface area contributed by atoms with Gasteiger partial charge in [-0.05, 0) is 49.8 Å². The van der Waals surface area contributed by atoms with Gasteiger partial charge in [-0.3, -0.25) is 4.79 Å². The first-order valence-corrected chi connectivity index (χ1v) is 9.60. The maximum atomic E-state index is 12.2. The van der Waals surface area contributed by atoms with Crippen LogP contribution in [0.2, 0.25) is 0 Å². The summed E-state index contributed by atoms with van der Waals surface area (Å²) < 4.78 is 5.86. The first-order chi connectivity index (χ1) is 12.8. The molecule has 1 heterocycles. The van der Waals surface area contributed by atoms with E-state index in [-0.39, 0.29) is 5.91 Å². The molecule has 2 aromatic rings. The first-order valence-electron chi connectivity index (χ1n) is 9.60. The minimum atomic E-state index is 0.180. The number of rotatable bonds is 8. The zero-order valence-electron chi connectivity index (χ0n) is 15.3. The first kappa shape index (κ1) is 18.3. The number of anilines is 1. The molecular weight excluding hydrogens is 324 g/mol. The van der Waals surface area contributed by atoms with Crippen LogP contribution >= 0.6 is 0 Å². The van der Waals surface area contributed by atoms with E-state index in [1.807, 2.05) is 35.2 Å². The summed E-state index contributed by atoms with van der Waals surface area (Å²) in [4.78, 5) is 14.2. The van der Waals surface area contributed by atoms with Crippen molar-refractivity contribution >= 4 is 11.6 Å². The lowest BCUT2D eigenvalue weighted by Crippen LogP contribution is -2.39. The molecule has 1 amide bonds. The van der Waals surface area contributed by atoms with E-state index in [1.165, 1.54) is 12.0 Å². The van der Waals surface area contributed by atoms with Gasteiger partial charge in [0.05, 0.1) is 13.2 Å². The van der Waals surface area contributed by atoms with E-state index >= 15 is 0 Å². The third kappa shape index (κ3) is 5.80. The Hall–Kier alpha value is -2.49. The molecule has 0 saturated carbocycles. The molecule has 1 aliphatic heterocycles. The van der Waals surface area contributed by atoms with Crippen LogP contribution in [0.15, 0.2) is 54.6 Å². The van der Waals surface area contributed by atoms with Crippen LogP contribution in [0.25, 0.3) is 0 Å². The Morgan fingerprint density at radius 2 is 1.81 bits per heavy atom. The van der Waals surface area contributed by atoms with Crippen molar-refractivity contribution in [3.63, 3.8) is 0 Å². The van der Waals surface area contributed by atoms with Crippen molar-refractivity contribution in [1.82, 2.24) is 4.90 Å². The Bertz CT molecular complexity index is 682. The van der Waals surface area contributed by atoms with Crippen LogP contribution in [0.4, 0.5) is 5.69 Å². The number of hydrogen-bond acceptors (Lipinski definition) is 3. The number of ether oxygens (including phenoxy) is 1. The molecule has 0 atom stereocenters. The molecule has 0 aliphatic carbocycles. The van der Waals surface area contributed by atoms with Gasteiger partial charge in [0.1, 0.15) is 5.75 Å². The molecule has 1 fully saturated rings. The van der Waals surface area contributed by atoms with E-state index in [1.54, 1.807) is 0 Å². The molecule has 4 heteroatoms. The minimum absolute atomic E-state index is 0.180. The van der Waals surface area contributed by atoms with Crippen LogP contribution < -0.4 is 10.1 Å². The number of amides is 1. The van der Waals surface area contributed by atoms with Gasteiger partial charge >= 0.3 is 0 Å². The summed E-state index contributed by atoms with van der Waals surface area (Å²) in [6.45, 7) is 2.82. The van der Waals surface area contributed by atoms with Gasteiger partial charge in [0.25, 0.3) is 0 Å². The fourth-order valence-corrected chi connectivity index (χ4v) is 3.24. The van der Waals surface area contributed by atoms with Gasteiger partial charge in [-0.15, -0.1) is 0 Å². The number of carbonyl (C=O) groups excluding carboxylic acids is 1. The van der Waals surface area contributed by atoms with Crippen LogP contribution in [-0.2, 0) is 11.2 Å². The number of piperidine rings is 1. The third-order valence-electron chi connectivity index (χ3n) is 4.71. The SMILES string of the molecule is O=C(CNc1cccc(OCCCc2ccccc2)c1)N1CCCCC1. The number of benzene rings is 2. The van der Waals surface area contributed by atoms with E-state index in [4.69, 9.17) is 4.74 Å². The lowest BCUT2D eigenvalue weighted by atomic mass is 10.1. The van der Waals surface area contributed by atoms with Crippen molar-refractivity contribution in [3.8, 4) is 5.75 Å². The Labute approximate surface area is 156 Å². The summed E-state index contributed by atoms with van der Waals surface area (Å²) in [6.07, 6.45) is 5.48. The molecule has 0 aromatic heterocycles. The lowest BCUT2D eigenvalue weighted by molar-refractivity contribution is -0.130. The fraction of sp³-hybridized carbons (Fsp3) is 0.409. The maximum absolute atomic E-state index is 12.2. The summed E-state index contributed by atoms with van der Waals surface area (Å²) >= 11 is 0. The maximum Gasteiger partial charge on any atom is 0.241 e. The molecule has 0 unspecified atom stereocenters. The van der Waals surface area contributed by atoms with E-state index in [2.05, 4.69) is 29.6 Å². The largest absolute Gasteiger partial charge is 0.494 e. The summed E-state index contributed by atoms with van der Waals surface area (Å²) in [5, 5.41) is 3.23. The molecule has 0 radical (unpaired) electrons. The molecule has 0 spiro atoms. The van der Waals surface area contributed by atoms with Gasteiger partial charge in [0, 0.05) is 24.8 Å². The molecule has 4 nitrogen and oxygen atoms in total. The molecule has 26 heavy (non-hydrogen) atoms. The molecule has 138 valence electrons. The van der Waals surface area contributed by atoms with E-state index in [0.717, 1.165) is 50.2 Å². The normalized spacial score (nSPS) is 14.1. The summed E-state index contributed by atoms with van der Waals surface area (Å²) in [7, 11) is 0. The molecule has 3 rings (SSSR count). The average Bonchev–Trinajstić information content (AvgIpc) is 2.71. The predicted molar refractivity (Wildman–Crippen MR) is 106 cm³/mol. The van der Waals surface area contributed by atoms with Gasteiger partial charge in [-0.25, -0.2) is 0 Å². The van der Waals surface area contributed by atoms with Crippen molar-refractivity contribution in [2.45, 2.75) is 32.1 Å². The topological polar surface area (TPSA) is 41.6 Å². The monoisotopic (exact) mass is 352 g/mol. The van der Waals surface area contributed by atoms with Crippen LogP contribution in [0.1, 0.15) is 31.2 Å². The van der Waals surface area contributed by atoms with E-state index in [9.17, 15) is 4.79 Å². The number of aryl methyl sites for hydroxylation is 1. The van der Waals surface area contributed by atoms with Crippen LogP contribution in [0, 0.1) is 0 Å². The van der Waals surface area contributed by atoms with Gasteiger partial charge in [0.2, 0.25) is 5.91 Å². The molecule has 2 aromatic carbocycles. The quantitative estimate of drug-likeness (QED) is 0.727. The van der Waals surface area contributed by atoms with Crippen molar-refractivity contribution in [3.05, 3.63) is 60.2 Å². The summed E-state index contributed by atoms with van der Waals surface area (Å²) in [6, 6.07) is 18.3. The number of likely N-dealkylation sites (tertiary alicyclic amines) is 1. The molecule has 1 aliphatic rings. The van der Waals surface area contributed by atoms with Crippen molar-refractivity contribution < 1.29 is 9.53 Å². The zero-order chi connectivity index (χ0) is 18.0. The number of nitrogens with zero attached hydrogens (tertiary/aromatic N) is 1. The van der Waals surface area contributed by atoms with Gasteiger partial charge < -0.3 is 15.0 Å². The summed E-state index contributed by atoms with van der Waals surface area (Å²) in [5.74, 6) is 1.02. The second kappa shape index (κ2) is 9.85. The smallest absolute Gasteiger partial charge is 0.241 e. The number of hydrogen-bond donors (Lipinski definition) is 1. The third-order valence-corrected chi connectivity index (χ3v) is 4.71. The Morgan fingerprint density at radius 3 is 2.62 bits per heavy atom. The van der Waals surface area contributed by atoms with Crippen molar-refractivity contribution in [2.75, 3.05) is 31.6 Å². The highest BCUT2D eigenvalue weighted by atomic mass is 16.5. The van der Waals surface area contributed by atoms with Crippen molar-refractivity contribution in [2.24, 2.45) is 0 Å². The van der Waals surface area contributed by atoms with E-state index in [0.29, 0.717) is 13.2 Å². The van der Waals surface area contributed by atoms with Crippen molar-refractivity contribution in [1.29, 1.82) is 0 Å². The fourth-order valence-electron chi connectivity index (χ4n) is 3.24. The van der Waals surface area contributed by atoms with Crippen LogP contribution in [-0.4, -0.2) is 37.0 Å². The minimum Gasteiger partial charge on any atom is -0.494 e. The highest BCUT2D eigenvalue weighted by Crippen LogP contribution is 2.18. The van der Waals surface area contributed by atoms with Crippen LogP contribution in [0.5, 0.6) is 5.75 Å². The average molecular weight is 352 g/mol. The Balaban J connectivity index is 1.40. The molecular formula is C22H28N2O2. The number of nitrogens with one attached hydrogen (secondary N) is 1. The second-order valence-electron chi connectivity index (χ2n) is 6.76. The van der Waals surface area contributed by atoms with Gasteiger partial charge in [-0.1, -0.05) is 36.4 Å². The Morgan fingerprint density at radius 1 is 1.00 bits per heavy atom.